The maximum Gasteiger partial charge on any atom is 0.340 e. The van der Waals surface area contributed by atoms with Gasteiger partial charge in [0.05, 0.1) is 18.3 Å². The zero-order valence-corrected chi connectivity index (χ0v) is 10.1. The molecule has 3 atom stereocenters. The van der Waals surface area contributed by atoms with E-state index < -0.39 is 24.5 Å². The Morgan fingerprint density at radius 1 is 1.50 bits per heavy atom. The fraction of sp³-hybridized carbons (Fsp3) is 0.462. The zero-order valence-electron chi connectivity index (χ0n) is 10.1. The Hall–Kier alpha value is -1.43. The number of rotatable bonds is 3. The van der Waals surface area contributed by atoms with Crippen LogP contribution in [0.4, 0.5) is 0 Å². The number of carbonyl (C=O) groups is 1. The van der Waals surface area contributed by atoms with Gasteiger partial charge in [0.2, 0.25) is 6.29 Å². The molecular weight excluding hydrogens is 236 g/mol. The van der Waals surface area contributed by atoms with E-state index >= 15 is 0 Å². The van der Waals surface area contributed by atoms with Crippen LogP contribution in [0.15, 0.2) is 24.3 Å². The van der Waals surface area contributed by atoms with Crippen LogP contribution in [0.1, 0.15) is 22.3 Å². The third-order valence-electron chi connectivity index (χ3n) is 2.97. The summed E-state index contributed by atoms with van der Waals surface area (Å²) in [7, 11) is 0. The Morgan fingerprint density at radius 2 is 2.22 bits per heavy atom. The van der Waals surface area contributed by atoms with Gasteiger partial charge in [-0.05, 0) is 18.6 Å². The first-order valence-electron chi connectivity index (χ1n) is 5.83. The number of ether oxygens (including phenoxy) is 2. The molecule has 0 spiro atoms. The Kier molecular flexibility index (Phi) is 3.96. The Labute approximate surface area is 105 Å². The topological polar surface area (TPSA) is 76.0 Å². The first-order chi connectivity index (χ1) is 8.61. The minimum Gasteiger partial charge on any atom is -0.432 e. The van der Waals surface area contributed by atoms with E-state index in [4.69, 9.17) is 14.6 Å². The SMILES string of the molecule is Cc1ccccc1C(=O)OC1C[C@@H](O)[C@H](CO)O1. The molecule has 0 amide bonds. The Balaban J connectivity index is 1.99. The molecule has 1 aliphatic heterocycles. The summed E-state index contributed by atoms with van der Waals surface area (Å²) in [6.45, 7) is 1.52. The highest BCUT2D eigenvalue weighted by Crippen LogP contribution is 2.22. The van der Waals surface area contributed by atoms with Gasteiger partial charge in [0.15, 0.2) is 0 Å². The lowest BCUT2D eigenvalue weighted by Crippen LogP contribution is -2.24. The predicted octanol–water partition coefficient (Wildman–Crippen LogP) is 0.620. The summed E-state index contributed by atoms with van der Waals surface area (Å²) in [5, 5.41) is 18.4. The lowest BCUT2D eigenvalue weighted by atomic mass is 10.1. The van der Waals surface area contributed by atoms with Gasteiger partial charge in [-0.1, -0.05) is 18.2 Å². The largest absolute Gasteiger partial charge is 0.432 e. The average molecular weight is 252 g/mol. The van der Waals surface area contributed by atoms with E-state index in [0.29, 0.717) is 5.56 Å². The van der Waals surface area contributed by atoms with E-state index in [9.17, 15) is 9.90 Å². The normalized spacial score (nSPS) is 27.2. The molecule has 5 nitrogen and oxygen atoms in total. The predicted molar refractivity (Wildman–Crippen MR) is 63.0 cm³/mol. The highest BCUT2D eigenvalue weighted by Gasteiger charge is 2.35. The molecule has 0 aliphatic carbocycles. The molecule has 1 aromatic carbocycles. The van der Waals surface area contributed by atoms with Crippen molar-refractivity contribution in [1.82, 2.24) is 0 Å². The molecule has 1 heterocycles. The second-order valence-electron chi connectivity index (χ2n) is 4.31. The number of hydrogen-bond acceptors (Lipinski definition) is 5. The maximum absolute atomic E-state index is 11.9. The molecule has 0 radical (unpaired) electrons. The third kappa shape index (κ3) is 2.69. The molecule has 1 fully saturated rings. The minimum absolute atomic E-state index is 0.183. The van der Waals surface area contributed by atoms with Crippen molar-refractivity contribution < 1.29 is 24.5 Å². The van der Waals surface area contributed by atoms with Crippen molar-refractivity contribution in [3.05, 3.63) is 35.4 Å². The zero-order chi connectivity index (χ0) is 13.1. The summed E-state index contributed by atoms with van der Waals surface area (Å²) in [6, 6.07) is 7.08. The fourth-order valence-electron chi connectivity index (χ4n) is 1.92. The van der Waals surface area contributed by atoms with Crippen LogP contribution in [0, 0.1) is 6.92 Å². The maximum atomic E-state index is 11.9. The second-order valence-corrected chi connectivity index (χ2v) is 4.31. The van der Waals surface area contributed by atoms with E-state index in [-0.39, 0.29) is 13.0 Å². The first-order valence-corrected chi connectivity index (χ1v) is 5.83. The molecule has 1 saturated heterocycles. The van der Waals surface area contributed by atoms with Gasteiger partial charge in [-0.15, -0.1) is 0 Å². The molecule has 0 saturated carbocycles. The number of esters is 1. The molecule has 18 heavy (non-hydrogen) atoms. The van der Waals surface area contributed by atoms with Gasteiger partial charge in [0, 0.05) is 6.42 Å². The van der Waals surface area contributed by atoms with Gasteiger partial charge in [-0.3, -0.25) is 0 Å². The van der Waals surface area contributed by atoms with Crippen molar-refractivity contribution >= 4 is 5.97 Å². The molecule has 5 heteroatoms. The lowest BCUT2D eigenvalue weighted by molar-refractivity contribution is -0.115. The van der Waals surface area contributed by atoms with E-state index in [0.717, 1.165) is 5.56 Å². The van der Waals surface area contributed by atoms with Crippen LogP contribution < -0.4 is 0 Å². The minimum atomic E-state index is -0.802. The first kappa shape index (κ1) is 13.0. The molecule has 1 unspecified atom stereocenters. The molecule has 2 rings (SSSR count). The van der Waals surface area contributed by atoms with Crippen molar-refractivity contribution in [2.45, 2.75) is 31.8 Å². The van der Waals surface area contributed by atoms with Gasteiger partial charge in [-0.25, -0.2) is 4.79 Å². The highest BCUT2D eigenvalue weighted by atomic mass is 16.7. The molecule has 1 aromatic rings. The Morgan fingerprint density at radius 3 is 2.83 bits per heavy atom. The number of benzene rings is 1. The smallest absolute Gasteiger partial charge is 0.340 e. The van der Waals surface area contributed by atoms with Crippen LogP contribution >= 0.6 is 0 Å². The number of aryl methyl sites for hydroxylation is 1. The fourth-order valence-corrected chi connectivity index (χ4v) is 1.92. The van der Waals surface area contributed by atoms with Crippen LogP contribution in [0.3, 0.4) is 0 Å². The van der Waals surface area contributed by atoms with Crippen LogP contribution in [0.2, 0.25) is 0 Å². The van der Waals surface area contributed by atoms with Gasteiger partial charge in [0.1, 0.15) is 6.10 Å². The van der Waals surface area contributed by atoms with E-state index in [2.05, 4.69) is 0 Å². The average Bonchev–Trinajstić information content (AvgIpc) is 2.69. The van der Waals surface area contributed by atoms with E-state index in [1.807, 2.05) is 19.1 Å². The van der Waals surface area contributed by atoms with Gasteiger partial charge in [-0.2, -0.15) is 0 Å². The van der Waals surface area contributed by atoms with Gasteiger partial charge in [0.25, 0.3) is 0 Å². The van der Waals surface area contributed by atoms with Gasteiger partial charge >= 0.3 is 5.97 Å². The lowest BCUT2D eigenvalue weighted by Gasteiger charge is -2.13. The number of hydrogen-bond donors (Lipinski definition) is 2. The Bertz CT molecular complexity index is 431. The van der Waals surface area contributed by atoms with Crippen molar-refractivity contribution in [3.63, 3.8) is 0 Å². The van der Waals surface area contributed by atoms with Crippen molar-refractivity contribution in [2.75, 3.05) is 6.61 Å². The number of aliphatic hydroxyl groups excluding tert-OH is 2. The van der Waals surface area contributed by atoms with Crippen LogP contribution in [-0.4, -0.2) is 41.3 Å². The van der Waals surface area contributed by atoms with Crippen molar-refractivity contribution in [2.24, 2.45) is 0 Å². The highest BCUT2D eigenvalue weighted by molar-refractivity contribution is 5.91. The summed E-state index contributed by atoms with van der Waals surface area (Å²) in [6.07, 6.45) is -2.10. The number of carbonyl (C=O) groups excluding carboxylic acids is 1. The quantitative estimate of drug-likeness (QED) is 0.771. The summed E-state index contributed by atoms with van der Waals surface area (Å²) < 4.78 is 10.4. The third-order valence-corrected chi connectivity index (χ3v) is 2.97. The van der Waals surface area contributed by atoms with Crippen LogP contribution in [0.25, 0.3) is 0 Å². The molecule has 1 aliphatic rings. The standard InChI is InChI=1S/C13H16O5/c1-8-4-2-3-5-9(8)13(16)18-12-6-10(15)11(7-14)17-12/h2-5,10-12,14-15H,6-7H2,1H3/t10-,11+,12?/m1/s1. The molecule has 0 bridgehead atoms. The van der Waals surface area contributed by atoms with E-state index in [1.165, 1.54) is 0 Å². The number of aliphatic hydroxyl groups is 2. The monoisotopic (exact) mass is 252 g/mol. The summed E-state index contributed by atoms with van der Waals surface area (Å²) in [5.41, 5.74) is 1.29. The second kappa shape index (κ2) is 5.48. The van der Waals surface area contributed by atoms with Crippen LogP contribution in [-0.2, 0) is 9.47 Å². The summed E-state index contributed by atoms with van der Waals surface area (Å²) in [5.74, 6) is -0.483. The van der Waals surface area contributed by atoms with Gasteiger partial charge < -0.3 is 19.7 Å². The van der Waals surface area contributed by atoms with Crippen LogP contribution in [0.5, 0.6) is 0 Å². The summed E-state index contributed by atoms with van der Waals surface area (Å²) >= 11 is 0. The van der Waals surface area contributed by atoms with E-state index in [1.54, 1.807) is 12.1 Å². The van der Waals surface area contributed by atoms with Crippen molar-refractivity contribution in [1.29, 1.82) is 0 Å². The summed E-state index contributed by atoms with van der Waals surface area (Å²) in [4.78, 5) is 11.9. The molecule has 0 aromatic heterocycles. The molecule has 2 N–H and O–H groups in total. The molecular formula is C13H16O5. The van der Waals surface area contributed by atoms with Crippen molar-refractivity contribution in [3.8, 4) is 0 Å². The molecule has 98 valence electrons.